The maximum atomic E-state index is 11.2. The van der Waals surface area contributed by atoms with Crippen LogP contribution in [-0.4, -0.2) is 46.9 Å². The van der Waals surface area contributed by atoms with E-state index in [2.05, 4.69) is 15.1 Å². The van der Waals surface area contributed by atoms with Crippen LogP contribution in [0.25, 0.3) is 17.2 Å². The minimum atomic E-state index is -4.32. The zero-order valence-electron chi connectivity index (χ0n) is 14.2. The summed E-state index contributed by atoms with van der Waals surface area (Å²) in [5.74, 6) is 2.49. The zero-order chi connectivity index (χ0) is 18.9. The number of hydrogen-bond donors (Lipinski definition) is 1. The molecule has 0 bridgehead atoms. The Morgan fingerprint density at radius 1 is 1.08 bits per heavy atom. The van der Waals surface area contributed by atoms with Crippen molar-refractivity contribution in [2.45, 2.75) is 11.8 Å². The number of hydrogen-bond acceptors (Lipinski definition) is 7. The third-order valence-electron chi connectivity index (χ3n) is 3.56. The molecule has 0 radical (unpaired) electrons. The Kier molecular flexibility index (Phi) is 4.62. The summed E-state index contributed by atoms with van der Waals surface area (Å²) in [5.41, 5.74) is 0.683. The lowest BCUT2D eigenvalue weighted by Gasteiger charge is -2.09. The highest BCUT2D eigenvalue weighted by Crippen LogP contribution is 2.29. The monoisotopic (exact) mass is 376 g/mol. The first-order chi connectivity index (χ1) is 12.3. The topological polar surface area (TPSA) is 116 Å². The predicted molar refractivity (Wildman–Crippen MR) is 92.2 cm³/mol. The van der Waals surface area contributed by atoms with Gasteiger partial charge in [-0.3, -0.25) is 4.55 Å². The van der Waals surface area contributed by atoms with Crippen LogP contribution in [0.5, 0.6) is 11.5 Å². The van der Waals surface area contributed by atoms with Crippen LogP contribution in [0.4, 0.5) is 0 Å². The molecule has 3 rings (SSSR count). The first kappa shape index (κ1) is 17.8. The van der Waals surface area contributed by atoms with Crippen LogP contribution in [0, 0.1) is 6.92 Å². The molecular formula is C16H16N4O5S. The molecule has 0 aliphatic carbocycles. The van der Waals surface area contributed by atoms with E-state index in [0.29, 0.717) is 34.5 Å². The molecule has 0 saturated heterocycles. The summed E-state index contributed by atoms with van der Waals surface area (Å²) in [6, 6.07) is 7.95. The number of methoxy groups -OCH3 is 2. The first-order valence-electron chi connectivity index (χ1n) is 7.43. The van der Waals surface area contributed by atoms with E-state index in [1.54, 1.807) is 39.3 Å². The van der Waals surface area contributed by atoms with Crippen LogP contribution >= 0.6 is 0 Å². The van der Waals surface area contributed by atoms with E-state index in [9.17, 15) is 8.42 Å². The van der Waals surface area contributed by atoms with Crippen molar-refractivity contribution in [3.05, 3.63) is 42.4 Å². The second kappa shape index (κ2) is 6.73. The van der Waals surface area contributed by atoms with Crippen molar-refractivity contribution in [1.29, 1.82) is 0 Å². The Hall–Kier alpha value is -2.98. The normalized spacial score (nSPS) is 11.4. The van der Waals surface area contributed by atoms with E-state index in [1.165, 1.54) is 16.8 Å². The van der Waals surface area contributed by atoms with Gasteiger partial charge >= 0.3 is 0 Å². The predicted octanol–water partition coefficient (Wildman–Crippen LogP) is 1.90. The Morgan fingerprint density at radius 2 is 1.73 bits per heavy atom. The van der Waals surface area contributed by atoms with Crippen LogP contribution in [0.15, 0.2) is 41.4 Å². The van der Waals surface area contributed by atoms with Gasteiger partial charge in [0.15, 0.2) is 11.6 Å². The second-order valence-electron chi connectivity index (χ2n) is 5.32. The van der Waals surface area contributed by atoms with Gasteiger partial charge < -0.3 is 9.47 Å². The standard InChI is InChI=1S/C16H16N4O5S/c1-10-18-16(11-6-12(24-2)8-13(7-11)25-3)20(19-10)15-5-4-14(9-17-15)26(21,22)23/h4-9H,1-3H3,(H,21,22,23). The molecule has 0 unspecified atom stereocenters. The molecule has 1 aromatic carbocycles. The van der Waals surface area contributed by atoms with Gasteiger partial charge in [0.05, 0.1) is 20.4 Å². The van der Waals surface area contributed by atoms with Gasteiger partial charge in [0, 0.05) is 11.6 Å². The van der Waals surface area contributed by atoms with Crippen molar-refractivity contribution in [2.75, 3.05) is 14.2 Å². The second-order valence-corrected chi connectivity index (χ2v) is 6.74. The summed E-state index contributed by atoms with van der Waals surface area (Å²) in [4.78, 5) is 8.17. The molecule has 136 valence electrons. The fraction of sp³-hybridized carbons (Fsp3) is 0.188. The molecule has 0 amide bonds. The molecule has 0 fully saturated rings. The molecule has 0 aliphatic heterocycles. The Labute approximate surface area is 150 Å². The van der Waals surface area contributed by atoms with E-state index in [1.807, 2.05) is 0 Å². The Morgan fingerprint density at radius 3 is 2.23 bits per heavy atom. The highest BCUT2D eigenvalue weighted by molar-refractivity contribution is 7.85. The van der Waals surface area contributed by atoms with Gasteiger partial charge in [-0.05, 0) is 31.2 Å². The molecule has 3 aromatic rings. The minimum Gasteiger partial charge on any atom is -0.497 e. The molecule has 0 atom stereocenters. The fourth-order valence-electron chi connectivity index (χ4n) is 2.35. The highest BCUT2D eigenvalue weighted by Gasteiger charge is 2.16. The molecule has 26 heavy (non-hydrogen) atoms. The van der Waals surface area contributed by atoms with Crippen molar-refractivity contribution in [3.8, 4) is 28.7 Å². The number of benzene rings is 1. The van der Waals surface area contributed by atoms with Crippen LogP contribution in [0.1, 0.15) is 5.82 Å². The lowest BCUT2D eigenvalue weighted by atomic mass is 10.2. The van der Waals surface area contributed by atoms with E-state index in [0.717, 1.165) is 6.20 Å². The highest BCUT2D eigenvalue weighted by atomic mass is 32.2. The molecular weight excluding hydrogens is 360 g/mol. The van der Waals surface area contributed by atoms with Crippen molar-refractivity contribution in [1.82, 2.24) is 19.7 Å². The van der Waals surface area contributed by atoms with E-state index in [-0.39, 0.29) is 4.90 Å². The summed E-state index contributed by atoms with van der Waals surface area (Å²) >= 11 is 0. The molecule has 0 saturated carbocycles. The first-order valence-corrected chi connectivity index (χ1v) is 8.87. The number of nitrogens with zero attached hydrogens (tertiary/aromatic N) is 4. The third kappa shape index (κ3) is 3.51. The maximum absolute atomic E-state index is 11.2. The molecule has 1 N–H and O–H groups in total. The number of aromatic nitrogens is 4. The van der Waals surface area contributed by atoms with Crippen molar-refractivity contribution in [2.24, 2.45) is 0 Å². The van der Waals surface area contributed by atoms with Gasteiger partial charge in [-0.1, -0.05) is 0 Å². The minimum absolute atomic E-state index is 0.303. The lowest BCUT2D eigenvalue weighted by Crippen LogP contribution is -2.05. The van der Waals surface area contributed by atoms with Crippen molar-refractivity contribution < 1.29 is 22.4 Å². The molecule has 10 heteroatoms. The van der Waals surface area contributed by atoms with Crippen LogP contribution in [0.2, 0.25) is 0 Å². The summed E-state index contributed by atoms with van der Waals surface area (Å²) < 4.78 is 43.4. The summed E-state index contributed by atoms with van der Waals surface area (Å²) in [6.45, 7) is 1.73. The number of pyridine rings is 1. The molecule has 0 spiro atoms. The van der Waals surface area contributed by atoms with Gasteiger partial charge in [0.2, 0.25) is 0 Å². The van der Waals surface area contributed by atoms with E-state index in [4.69, 9.17) is 14.0 Å². The van der Waals surface area contributed by atoms with E-state index < -0.39 is 10.1 Å². The number of ether oxygens (including phenoxy) is 2. The smallest absolute Gasteiger partial charge is 0.296 e. The molecule has 9 nitrogen and oxygen atoms in total. The lowest BCUT2D eigenvalue weighted by molar-refractivity contribution is 0.394. The Bertz CT molecular complexity index is 1020. The van der Waals surface area contributed by atoms with E-state index >= 15 is 0 Å². The number of rotatable bonds is 5. The summed E-state index contributed by atoms with van der Waals surface area (Å²) in [7, 11) is -1.23. The number of aryl methyl sites for hydroxylation is 1. The molecule has 2 heterocycles. The molecule has 0 aliphatic rings. The average molecular weight is 376 g/mol. The SMILES string of the molecule is COc1cc(OC)cc(-c2nc(C)nn2-c2ccc(S(=O)(=O)O)cn2)c1. The van der Waals surface area contributed by atoms with Crippen LogP contribution in [0.3, 0.4) is 0 Å². The van der Waals surface area contributed by atoms with Crippen molar-refractivity contribution >= 4 is 10.1 Å². The maximum Gasteiger partial charge on any atom is 0.296 e. The summed E-state index contributed by atoms with van der Waals surface area (Å²) in [5, 5.41) is 4.31. The van der Waals surface area contributed by atoms with Crippen LogP contribution < -0.4 is 9.47 Å². The summed E-state index contributed by atoms with van der Waals surface area (Å²) in [6.07, 6.45) is 1.05. The van der Waals surface area contributed by atoms with Gasteiger partial charge in [-0.25, -0.2) is 9.97 Å². The molecule has 2 aromatic heterocycles. The third-order valence-corrected chi connectivity index (χ3v) is 4.40. The Balaban J connectivity index is 2.12. The largest absolute Gasteiger partial charge is 0.497 e. The van der Waals surface area contributed by atoms with Gasteiger partial charge in [-0.2, -0.15) is 13.1 Å². The van der Waals surface area contributed by atoms with Gasteiger partial charge in [0.1, 0.15) is 22.2 Å². The average Bonchev–Trinajstić information content (AvgIpc) is 3.02. The van der Waals surface area contributed by atoms with Gasteiger partial charge in [-0.15, -0.1) is 5.10 Å². The quantitative estimate of drug-likeness (QED) is 0.671. The van der Waals surface area contributed by atoms with Crippen LogP contribution in [-0.2, 0) is 10.1 Å². The van der Waals surface area contributed by atoms with Gasteiger partial charge in [0.25, 0.3) is 10.1 Å². The fourth-order valence-corrected chi connectivity index (χ4v) is 2.77. The van der Waals surface area contributed by atoms with Crippen molar-refractivity contribution in [3.63, 3.8) is 0 Å². The zero-order valence-corrected chi connectivity index (χ0v) is 15.1.